The van der Waals surface area contributed by atoms with E-state index in [1.165, 1.54) is 21.9 Å². The summed E-state index contributed by atoms with van der Waals surface area (Å²) in [5.41, 5.74) is 2.63. The number of aryl methyl sites for hydroxylation is 2. The summed E-state index contributed by atoms with van der Waals surface area (Å²) in [6.45, 7) is 4.40. The lowest BCUT2D eigenvalue weighted by atomic mass is 10.2. The SMILES string of the molecule is Cc1sc2ncc(C(=O)N3CCc4cc(Br)ccc43)c(=O)n2c1C. The molecule has 3 aromatic rings. The molecule has 7 heteroatoms. The van der Waals surface area contributed by atoms with Gasteiger partial charge in [0, 0.05) is 33.5 Å². The lowest BCUT2D eigenvalue weighted by Gasteiger charge is -2.17. The van der Waals surface area contributed by atoms with E-state index in [1.54, 1.807) is 4.90 Å². The fourth-order valence-electron chi connectivity index (χ4n) is 3.05. The summed E-state index contributed by atoms with van der Waals surface area (Å²) < 4.78 is 2.52. The van der Waals surface area contributed by atoms with Gasteiger partial charge in [0.1, 0.15) is 5.56 Å². The van der Waals surface area contributed by atoms with Crippen molar-refractivity contribution in [2.24, 2.45) is 0 Å². The molecule has 0 radical (unpaired) electrons. The van der Waals surface area contributed by atoms with Crippen molar-refractivity contribution >= 4 is 43.8 Å². The standard InChI is InChI=1S/C17H14BrN3O2S/c1-9-10(2)24-17-19-8-13(16(23)21(9)17)15(22)20-6-5-11-7-12(18)3-4-14(11)20/h3-4,7-8H,5-6H2,1-2H3. The molecule has 1 amide bonds. The number of thiazole rings is 1. The van der Waals surface area contributed by atoms with Gasteiger partial charge in [-0.2, -0.15) is 0 Å². The molecule has 0 unspecified atom stereocenters. The van der Waals surface area contributed by atoms with Gasteiger partial charge in [-0.05, 0) is 44.0 Å². The summed E-state index contributed by atoms with van der Waals surface area (Å²) in [5, 5.41) is 0. The predicted octanol–water partition coefficient (Wildman–Crippen LogP) is 3.34. The number of anilines is 1. The first-order chi connectivity index (χ1) is 11.5. The van der Waals surface area contributed by atoms with Gasteiger partial charge in [-0.25, -0.2) is 4.98 Å². The second kappa shape index (κ2) is 5.53. The van der Waals surface area contributed by atoms with Crippen LogP contribution in [0.1, 0.15) is 26.5 Å². The van der Waals surface area contributed by atoms with Crippen LogP contribution in [0.15, 0.2) is 33.7 Å². The molecule has 0 atom stereocenters. The lowest BCUT2D eigenvalue weighted by Crippen LogP contribution is -2.34. The third-order valence-corrected chi connectivity index (χ3v) is 6.00. The number of hydrogen-bond donors (Lipinski definition) is 0. The molecule has 0 bridgehead atoms. The zero-order valence-electron chi connectivity index (χ0n) is 13.2. The number of rotatable bonds is 1. The topological polar surface area (TPSA) is 54.7 Å². The van der Waals surface area contributed by atoms with Gasteiger partial charge in [0.2, 0.25) is 0 Å². The fraction of sp³-hybridized carbons (Fsp3) is 0.235. The Balaban J connectivity index is 1.82. The number of nitrogens with zero attached hydrogens (tertiary/aromatic N) is 3. The van der Waals surface area contributed by atoms with Gasteiger partial charge in [-0.15, -0.1) is 11.3 Å². The van der Waals surface area contributed by atoms with Crippen LogP contribution in [0.3, 0.4) is 0 Å². The molecule has 0 saturated carbocycles. The first-order valence-electron chi connectivity index (χ1n) is 7.55. The van der Waals surface area contributed by atoms with Gasteiger partial charge in [-0.1, -0.05) is 15.9 Å². The Kier molecular flexibility index (Phi) is 3.58. The smallest absolute Gasteiger partial charge is 0.271 e. The van der Waals surface area contributed by atoms with Crippen molar-refractivity contribution in [2.45, 2.75) is 20.3 Å². The van der Waals surface area contributed by atoms with Crippen LogP contribution in [0, 0.1) is 13.8 Å². The Morgan fingerprint density at radius 2 is 2.12 bits per heavy atom. The van der Waals surface area contributed by atoms with Gasteiger partial charge in [0.05, 0.1) is 0 Å². The minimum atomic E-state index is -0.294. The van der Waals surface area contributed by atoms with E-state index in [1.807, 2.05) is 32.0 Å². The van der Waals surface area contributed by atoms with Crippen LogP contribution in [0.2, 0.25) is 0 Å². The van der Waals surface area contributed by atoms with Crippen molar-refractivity contribution < 1.29 is 4.79 Å². The summed E-state index contributed by atoms with van der Waals surface area (Å²) in [6.07, 6.45) is 2.19. The molecule has 122 valence electrons. The van der Waals surface area contributed by atoms with Gasteiger partial charge in [-0.3, -0.25) is 14.0 Å². The molecule has 24 heavy (non-hydrogen) atoms. The van der Waals surface area contributed by atoms with Crippen molar-refractivity contribution in [2.75, 3.05) is 11.4 Å². The Labute approximate surface area is 150 Å². The van der Waals surface area contributed by atoms with E-state index >= 15 is 0 Å². The van der Waals surface area contributed by atoms with Crippen LogP contribution in [0.25, 0.3) is 4.96 Å². The maximum atomic E-state index is 12.9. The summed E-state index contributed by atoms with van der Waals surface area (Å²) in [6, 6.07) is 5.84. The van der Waals surface area contributed by atoms with Crippen molar-refractivity contribution in [3.8, 4) is 0 Å². The third-order valence-electron chi connectivity index (χ3n) is 4.43. The monoisotopic (exact) mass is 403 g/mol. The summed E-state index contributed by atoms with van der Waals surface area (Å²) >= 11 is 4.91. The molecule has 1 aliphatic heterocycles. The molecule has 0 N–H and O–H groups in total. The van der Waals surface area contributed by atoms with Crippen LogP contribution in [0.5, 0.6) is 0 Å². The molecule has 0 spiro atoms. The molecular formula is C17H14BrN3O2S. The van der Waals surface area contributed by atoms with E-state index in [0.717, 1.165) is 32.7 Å². The Morgan fingerprint density at radius 1 is 1.33 bits per heavy atom. The van der Waals surface area contributed by atoms with E-state index in [9.17, 15) is 9.59 Å². The number of carbonyl (C=O) groups excluding carboxylic acids is 1. The molecule has 2 aromatic heterocycles. The Bertz CT molecular complexity index is 1050. The molecule has 0 saturated heterocycles. The first-order valence-corrected chi connectivity index (χ1v) is 9.16. The quantitative estimate of drug-likeness (QED) is 0.625. The van der Waals surface area contributed by atoms with Gasteiger partial charge in [0.25, 0.3) is 11.5 Å². The highest BCUT2D eigenvalue weighted by Gasteiger charge is 2.28. The van der Waals surface area contributed by atoms with Gasteiger partial charge < -0.3 is 4.90 Å². The second-order valence-corrected chi connectivity index (χ2v) is 7.92. The first kappa shape index (κ1) is 15.5. The number of benzene rings is 1. The Morgan fingerprint density at radius 3 is 2.92 bits per heavy atom. The van der Waals surface area contributed by atoms with Crippen molar-refractivity contribution in [1.29, 1.82) is 0 Å². The van der Waals surface area contributed by atoms with E-state index in [4.69, 9.17) is 0 Å². The number of hydrogen-bond acceptors (Lipinski definition) is 4. The summed E-state index contributed by atoms with van der Waals surface area (Å²) in [4.78, 5) is 33.4. The van der Waals surface area contributed by atoms with Gasteiger partial charge >= 0.3 is 0 Å². The average Bonchev–Trinajstić information content (AvgIpc) is 3.08. The van der Waals surface area contributed by atoms with Crippen LogP contribution >= 0.6 is 27.3 Å². The molecular weight excluding hydrogens is 390 g/mol. The molecule has 5 nitrogen and oxygen atoms in total. The van der Waals surface area contributed by atoms with Crippen molar-refractivity contribution in [1.82, 2.24) is 9.38 Å². The number of carbonyl (C=O) groups is 1. The summed E-state index contributed by atoms with van der Waals surface area (Å²) in [7, 11) is 0. The van der Waals surface area contributed by atoms with Crippen LogP contribution in [-0.2, 0) is 6.42 Å². The molecule has 1 aliphatic rings. The minimum absolute atomic E-state index is 0.115. The molecule has 3 heterocycles. The second-order valence-electron chi connectivity index (χ2n) is 5.82. The fourth-order valence-corrected chi connectivity index (χ4v) is 4.39. The number of amides is 1. The van der Waals surface area contributed by atoms with Crippen molar-refractivity contribution in [3.05, 3.63) is 60.9 Å². The van der Waals surface area contributed by atoms with E-state index in [2.05, 4.69) is 20.9 Å². The molecule has 0 aliphatic carbocycles. The zero-order chi connectivity index (χ0) is 17.0. The normalized spacial score (nSPS) is 13.5. The highest BCUT2D eigenvalue weighted by molar-refractivity contribution is 9.10. The van der Waals surface area contributed by atoms with Crippen LogP contribution in [-0.4, -0.2) is 21.8 Å². The largest absolute Gasteiger partial charge is 0.308 e. The Hall–Kier alpha value is -1.99. The third kappa shape index (κ3) is 2.22. The van der Waals surface area contributed by atoms with E-state index in [0.29, 0.717) is 11.5 Å². The zero-order valence-corrected chi connectivity index (χ0v) is 15.6. The predicted molar refractivity (Wildman–Crippen MR) is 98.3 cm³/mol. The maximum absolute atomic E-state index is 12.9. The average molecular weight is 404 g/mol. The number of fused-ring (bicyclic) bond motifs is 2. The molecule has 4 rings (SSSR count). The minimum Gasteiger partial charge on any atom is -0.308 e. The highest BCUT2D eigenvalue weighted by Crippen LogP contribution is 2.31. The lowest BCUT2D eigenvalue weighted by molar-refractivity contribution is 0.0987. The van der Waals surface area contributed by atoms with Crippen LogP contribution < -0.4 is 10.5 Å². The van der Waals surface area contributed by atoms with Crippen molar-refractivity contribution in [3.63, 3.8) is 0 Å². The number of aromatic nitrogens is 2. The maximum Gasteiger partial charge on any atom is 0.271 e. The van der Waals surface area contributed by atoms with Crippen LogP contribution in [0.4, 0.5) is 5.69 Å². The molecule has 1 aromatic carbocycles. The van der Waals surface area contributed by atoms with E-state index in [-0.39, 0.29) is 17.0 Å². The van der Waals surface area contributed by atoms with E-state index < -0.39 is 0 Å². The molecule has 0 fully saturated rings. The number of halogens is 1. The summed E-state index contributed by atoms with van der Waals surface area (Å²) in [5.74, 6) is -0.286. The van der Waals surface area contributed by atoms with Gasteiger partial charge in [0.15, 0.2) is 4.96 Å². The highest BCUT2D eigenvalue weighted by atomic mass is 79.9.